The number of fused-ring (bicyclic) bond motifs is 10. The lowest BCUT2D eigenvalue weighted by atomic mass is 9.99. The lowest BCUT2D eigenvalue weighted by Gasteiger charge is -2.12. The van der Waals surface area contributed by atoms with E-state index in [-0.39, 0.29) is 0 Å². The van der Waals surface area contributed by atoms with Crippen molar-refractivity contribution in [3.63, 3.8) is 0 Å². The van der Waals surface area contributed by atoms with Crippen LogP contribution in [0, 0.1) is 0 Å². The molecule has 0 radical (unpaired) electrons. The van der Waals surface area contributed by atoms with Crippen molar-refractivity contribution in [3.05, 3.63) is 194 Å². The molecule has 0 unspecified atom stereocenters. The van der Waals surface area contributed by atoms with Crippen LogP contribution in [0.4, 0.5) is 0 Å². The van der Waals surface area contributed by atoms with Crippen LogP contribution in [-0.2, 0) is 0 Å². The molecule has 0 atom stereocenters. The van der Waals surface area contributed by atoms with Crippen LogP contribution in [-0.4, -0.2) is 9.13 Å². The molecule has 0 N–H and O–H groups in total. The Morgan fingerprint density at radius 2 is 0.836 bits per heavy atom. The van der Waals surface area contributed by atoms with E-state index < -0.39 is 0 Å². The summed E-state index contributed by atoms with van der Waals surface area (Å²) in [5, 5.41) is 9.64. The molecule has 3 heterocycles. The Balaban J connectivity index is 1.09. The summed E-state index contributed by atoms with van der Waals surface area (Å²) in [4.78, 5) is 0. The fraction of sp³-hybridized carbons (Fsp3) is 0. The maximum Gasteiger partial charge on any atom is 0.159 e. The first kappa shape index (κ1) is 30.1. The molecular weight excluding hydrogens is 669 g/mol. The fourth-order valence-corrected chi connectivity index (χ4v) is 8.99. The van der Waals surface area contributed by atoms with Crippen molar-refractivity contribution in [2.75, 3.05) is 0 Å². The van der Waals surface area contributed by atoms with Crippen molar-refractivity contribution < 1.29 is 4.42 Å². The molecule has 9 aromatic carbocycles. The molecule has 256 valence electrons. The van der Waals surface area contributed by atoms with Crippen molar-refractivity contribution in [2.24, 2.45) is 0 Å². The van der Waals surface area contributed by atoms with Crippen LogP contribution in [0.1, 0.15) is 0 Å². The Labute approximate surface area is 316 Å². The minimum absolute atomic E-state index is 0.893. The number of hydrogen-bond donors (Lipinski definition) is 0. The van der Waals surface area contributed by atoms with Crippen LogP contribution in [0.15, 0.2) is 199 Å². The van der Waals surface area contributed by atoms with Gasteiger partial charge in [0.15, 0.2) is 5.58 Å². The van der Waals surface area contributed by atoms with Crippen LogP contribution in [0.5, 0.6) is 0 Å². The molecular formula is C52H32N2O. The van der Waals surface area contributed by atoms with Crippen molar-refractivity contribution in [1.82, 2.24) is 9.13 Å². The molecule has 3 nitrogen and oxygen atoms in total. The van der Waals surface area contributed by atoms with Gasteiger partial charge in [0.25, 0.3) is 0 Å². The topological polar surface area (TPSA) is 23.0 Å². The maximum atomic E-state index is 6.62. The van der Waals surface area contributed by atoms with E-state index >= 15 is 0 Å². The van der Waals surface area contributed by atoms with Crippen LogP contribution >= 0.6 is 0 Å². The zero-order chi connectivity index (χ0) is 36.0. The summed E-state index contributed by atoms with van der Waals surface area (Å²) < 4.78 is 11.4. The molecule has 3 aromatic heterocycles. The smallest absolute Gasteiger partial charge is 0.159 e. The zero-order valence-corrected chi connectivity index (χ0v) is 29.8. The van der Waals surface area contributed by atoms with Crippen molar-refractivity contribution in [1.29, 1.82) is 0 Å². The highest BCUT2D eigenvalue weighted by molar-refractivity contribution is 6.15. The number of para-hydroxylation sites is 3. The number of furan rings is 1. The molecule has 3 heteroatoms. The van der Waals surface area contributed by atoms with Crippen molar-refractivity contribution >= 4 is 76.3 Å². The Hall–Kier alpha value is -7.36. The summed E-state index contributed by atoms with van der Waals surface area (Å²) in [5.41, 5.74) is 13.5. The van der Waals surface area contributed by atoms with Crippen LogP contribution in [0.25, 0.3) is 110 Å². The van der Waals surface area contributed by atoms with Gasteiger partial charge in [-0.3, -0.25) is 0 Å². The second kappa shape index (κ2) is 11.6. The fourth-order valence-electron chi connectivity index (χ4n) is 8.99. The first-order valence-electron chi connectivity index (χ1n) is 18.8. The first-order chi connectivity index (χ1) is 27.3. The van der Waals surface area contributed by atoms with E-state index in [9.17, 15) is 0 Å². The SMILES string of the molecule is c1ccc(-c2ccc3c4cc(-c5ccc6c(c5)c5ccccc5n6-c5cccc6ccccc56)ccc4n(-c4cccc5c4oc4ccccc45)c3c2)cc1. The number of nitrogens with zero attached hydrogens (tertiary/aromatic N) is 2. The Bertz CT molecular complexity index is 3480. The molecule has 55 heavy (non-hydrogen) atoms. The normalized spacial score (nSPS) is 12.0. The van der Waals surface area contributed by atoms with Gasteiger partial charge in [-0.1, -0.05) is 140 Å². The van der Waals surface area contributed by atoms with E-state index in [4.69, 9.17) is 4.42 Å². The summed E-state index contributed by atoms with van der Waals surface area (Å²) in [7, 11) is 0. The number of benzene rings is 9. The average Bonchev–Trinajstić information content (AvgIpc) is 3.91. The molecule has 0 bridgehead atoms. The predicted octanol–water partition coefficient (Wildman–Crippen LogP) is 14.3. The van der Waals surface area contributed by atoms with E-state index in [0.717, 1.165) is 38.7 Å². The van der Waals surface area contributed by atoms with E-state index in [1.54, 1.807) is 0 Å². The second-order valence-electron chi connectivity index (χ2n) is 14.5. The minimum Gasteiger partial charge on any atom is -0.454 e. The molecule has 12 aromatic rings. The molecule has 0 spiro atoms. The summed E-state index contributed by atoms with van der Waals surface area (Å²) in [6.45, 7) is 0. The third kappa shape index (κ3) is 4.44. The van der Waals surface area contributed by atoms with E-state index in [2.05, 4.69) is 197 Å². The average molecular weight is 701 g/mol. The predicted molar refractivity (Wildman–Crippen MR) is 231 cm³/mol. The molecule has 0 aliphatic carbocycles. The monoisotopic (exact) mass is 700 g/mol. The van der Waals surface area contributed by atoms with Crippen LogP contribution < -0.4 is 0 Å². The summed E-state index contributed by atoms with van der Waals surface area (Å²) in [6.07, 6.45) is 0. The lowest BCUT2D eigenvalue weighted by molar-refractivity contribution is 0.666. The van der Waals surface area contributed by atoms with Gasteiger partial charge in [0.2, 0.25) is 0 Å². The summed E-state index contributed by atoms with van der Waals surface area (Å²) >= 11 is 0. The summed E-state index contributed by atoms with van der Waals surface area (Å²) in [6, 6.07) is 70.3. The number of rotatable bonds is 4. The highest BCUT2D eigenvalue weighted by Gasteiger charge is 2.20. The van der Waals surface area contributed by atoms with Crippen molar-refractivity contribution in [3.8, 4) is 33.6 Å². The quantitative estimate of drug-likeness (QED) is 0.179. The second-order valence-corrected chi connectivity index (χ2v) is 14.5. The molecule has 0 saturated carbocycles. The zero-order valence-electron chi connectivity index (χ0n) is 29.8. The van der Waals surface area contributed by atoms with Gasteiger partial charge >= 0.3 is 0 Å². The first-order valence-corrected chi connectivity index (χ1v) is 18.8. The minimum atomic E-state index is 0.893. The molecule has 0 fully saturated rings. The van der Waals surface area contributed by atoms with Gasteiger partial charge in [-0.2, -0.15) is 0 Å². The Morgan fingerprint density at radius 3 is 1.65 bits per heavy atom. The van der Waals surface area contributed by atoms with Gasteiger partial charge in [-0.15, -0.1) is 0 Å². The highest BCUT2D eigenvalue weighted by Crippen LogP contribution is 2.42. The number of hydrogen-bond acceptors (Lipinski definition) is 1. The van der Waals surface area contributed by atoms with E-state index in [1.165, 1.54) is 71.3 Å². The molecule has 0 amide bonds. The van der Waals surface area contributed by atoms with Crippen LogP contribution in [0.3, 0.4) is 0 Å². The number of aromatic nitrogens is 2. The van der Waals surface area contributed by atoms with Gasteiger partial charge in [0.1, 0.15) is 5.58 Å². The van der Waals surface area contributed by atoms with Crippen molar-refractivity contribution in [2.45, 2.75) is 0 Å². The Morgan fingerprint density at radius 1 is 0.291 bits per heavy atom. The molecule has 0 saturated heterocycles. The van der Waals surface area contributed by atoms with E-state index in [0.29, 0.717) is 0 Å². The van der Waals surface area contributed by atoms with Gasteiger partial charge in [0, 0.05) is 37.7 Å². The lowest BCUT2D eigenvalue weighted by Crippen LogP contribution is -1.95. The van der Waals surface area contributed by atoms with E-state index in [1.807, 2.05) is 6.07 Å². The molecule has 0 aliphatic heterocycles. The molecule has 12 rings (SSSR count). The summed E-state index contributed by atoms with van der Waals surface area (Å²) in [5.74, 6) is 0. The standard InChI is InChI=1S/C52H32N2O/c1-2-12-33(13-3-1)37-24-27-40-44-31-36(26-29-48(44)54(50(40)32-37)49-22-11-19-42-41-18-7-9-23-51(41)55-52(42)49)35-25-28-47-43(30-35)39-17-6-8-20-46(39)53(47)45-21-10-15-34-14-4-5-16-38(34)45/h1-32H. The van der Waals surface area contributed by atoms with Crippen LogP contribution in [0.2, 0.25) is 0 Å². The van der Waals surface area contributed by atoms with Gasteiger partial charge in [-0.25, -0.2) is 0 Å². The molecule has 0 aliphatic rings. The Kier molecular flexibility index (Phi) is 6.34. The van der Waals surface area contributed by atoms with Gasteiger partial charge in [0.05, 0.1) is 33.4 Å². The largest absolute Gasteiger partial charge is 0.454 e. The maximum absolute atomic E-state index is 6.62. The highest BCUT2D eigenvalue weighted by atomic mass is 16.3. The third-order valence-corrected chi connectivity index (χ3v) is 11.5. The third-order valence-electron chi connectivity index (χ3n) is 11.5. The van der Waals surface area contributed by atoms with Gasteiger partial charge < -0.3 is 13.6 Å². The van der Waals surface area contributed by atoms with Gasteiger partial charge in [-0.05, 0) is 82.2 Å².